The van der Waals surface area contributed by atoms with Gasteiger partial charge in [0.2, 0.25) is 38.2 Å². The minimum atomic E-state index is -0.532. The zero-order chi connectivity index (χ0) is 24.7. The molecule has 0 unspecified atom stereocenters. The van der Waals surface area contributed by atoms with Crippen LogP contribution in [0.5, 0.6) is 0 Å². The number of carbonyl (C=O) groups is 4. The third-order valence-corrected chi connectivity index (χ3v) is 4.05. The van der Waals surface area contributed by atoms with E-state index in [1.54, 1.807) is 0 Å². The topological polar surface area (TPSA) is 202 Å². The van der Waals surface area contributed by atoms with E-state index in [2.05, 4.69) is 35.2 Å². The van der Waals surface area contributed by atoms with Crippen LogP contribution in [0.25, 0.3) is 0 Å². The van der Waals surface area contributed by atoms with Crippen molar-refractivity contribution >= 4 is 81.9 Å². The van der Waals surface area contributed by atoms with E-state index >= 15 is 0 Å². The van der Waals surface area contributed by atoms with E-state index in [9.17, 15) is 19.2 Å². The number of nitrogens with zero attached hydrogens (tertiary/aromatic N) is 8. The number of amides is 6. The molecular formula is C13H10Cl5N11O4. The molecule has 0 atom stereocenters. The van der Waals surface area contributed by atoms with Crippen molar-refractivity contribution in [3.63, 3.8) is 0 Å². The predicted molar refractivity (Wildman–Crippen MR) is 113 cm³/mol. The molecule has 0 aromatic carbocycles. The van der Waals surface area contributed by atoms with E-state index in [1.807, 2.05) is 5.32 Å². The van der Waals surface area contributed by atoms with Gasteiger partial charge >= 0.3 is 12.1 Å². The summed E-state index contributed by atoms with van der Waals surface area (Å²) in [7, 11) is 0. The number of hydrogen-bond donors (Lipinski definition) is 3. The number of halogens is 5. The number of carbonyl (C=O) groups excluding carboxylic acids is 4. The lowest BCUT2D eigenvalue weighted by Crippen LogP contribution is -2.34. The highest BCUT2D eigenvalue weighted by atomic mass is 35.5. The predicted octanol–water partition coefficient (Wildman–Crippen LogP) is 0.474. The maximum absolute atomic E-state index is 11.2. The fourth-order valence-electron chi connectivity index (χ4n) is 1.98. The maximum Gasteiger partial charge on any atom is 0.338 e. The minimum Gasteiger partial charge on any atom is -0.308 e. The lowest BCUT2D eigenvalue weighted by molar-refractivity contribution is -0.119. The van der Waals surface area contributed by atoms with E-state index in [0.717, 1.165) is 5.01 Å². The third kappa shape index (κ3) is 8.99. The van der Waals surface area contributed by atoms with Crippen LogP contribution >= 0.6 is 58.0 Å². The Hall–Kier alpha value is -2.69. The fraction of sp³-hybridized carbons (Fsp3) is 0.231. The van der Waals surface area contributed by atoms with Gasteiger partial charge < -0.3 is 4.90 Å². The molecule has 2 aromatic rings. The van der Waals surface area contributed by atoms with E-state index in [-0.39, 0.29) is 63.7 Å². The summed E-state index contributed by atoms with van der Waals surface area (Å²) in [4.78, 5) is 65.3. The molecule has 15 nitrogen and oxygen atoms in total. The van der Waals surface area contributed by atoms with Crippen LogP contribution in [0.2, 0.25) is 26.4 Å². The highest BCUT2D eigenvalue weighted by Gasteiger charge is 2.27. The van der Waals surface area contributed by atoms with Gasteiger partial charge in [0.1, 0.15) is 13.1 Å². The normalized spacial score (nSPS) is 14.8. The Kier molecular flexibility index (Phi) is 9.63. The SMILES string of the molecule is Clc1nc(Cl)nc(Cl)n1.NN1CC(=O)NC1=O.O=C1CN(Cc2nc(Cl)nc(Cl)n2)C(=O)N1. The lowest BCUT2D eigenvalue weighted by Gasteiger charge is -2.11. The smallest absolute Gasteiger partial charge is 0.308 e. The van der Waals surface area contributed by atoms with Crippen molar-refractivity contribution < 1.29 is 19.2 Å². The summed E-state index contributed by atoms with van der Waals surface area (Å²) in [6.45, 7) is -0.00186. The Morgan fingerprint density at radius 2 is 1.06 bits per heavy atom. The maximum atomic E-state index is 11.2. The quantitative estimate of drug-likeness (QED) is 0.261. The van der Waals surface area contributed by atoms with E-state index in [1.165, 1.54) is 4.90 Å². The average molecular weight is 562 g/mol. The van der Waals surface area contributed by atoms with Gasteiger partial charge in [0.25, 0.3) is 0 Å². The molecule has 2 aliphatic rings. The molecule has 4 rings (SSSR count). The van der Waals surface area contributed by atoms with Crippen LogP contribution in [0.15, 0.2) is 0 Å². The molecule has 2 aliphatic heterocycles. The Morgan fingerprint density at radius 3 is 1.36 bits per heavy atom. The fourth-order valence-corrected chi connectivity index (χ4v) is 2.99. The average Bonchev–Trinajstić information content (AvgIpc) is 3.12. The number of hydrogen-bond acceptors (Lipinski definition) is 11. The summed E-state index contributed by atoms with van der Waals surface area (Å²) in [6, 6.07) is -1.02. The van der Waals surface area contributed by atoms with Crippen LogP contribution in [0.1, 0.15) is 5.82 Å². The molecule has 2 aromatic heterocycles. The van der Waals surface area contributed by atoms with Crippen molar-refractivity contribution in [2.45, 2.75) is 6.54 Å². The van der Waals surface area contributed by atoms with Gasteiger partial charge in [-0.25, -0.2) is 25.4 Å². The van der Waals surface area contributed by atoms with Crippen molar-refractivity contribution in [2.24, 2.45) is 5.84 Å². The summed E-state index contributed by atoms with van der Waals surface area (Å²) in [5.74, 6) is 4.49. The number of aromatic nitrogens is 6. The van der Waals surface area contributed by atoms with Crippen LogP contribution in [0, 0.1) is 0 Å². The van der Waals surface area contributed by atoms with Gasteiger partial charge in [0.15, 0.2) is 5.82 Å². The first kappa shape index (κ1) is 26.6. The highest BCUT2D eigenvalue weighted by molar-refractivity contribution is 6.33. The summed E-state index contributed by atoms with van der Waals surface area (Å²) >= 11 is 27.1. The van der Waals surface area contributed by atoms with Gasteiger partial charge in [-0.1, -0.05) is 0 Å². The largest absolute Gasteiger partial charge is 0.338 e. The molecule has 0 bridgehead atoms. The van der Waals surface area contributed by atoms with Crippen LogP contribution in [0.3, 0.4) is 0 Å². The molecule has 0 radical (unpaired) electrons. The lowest BCUT2D eigenvalue weighted by atomic mass is 10.5. The number of hydrazine groups is 1. The number of urea groups is 2. The molecule has 4 N–H and O–H groups in total. The van der Waals surface area contributed by atoms with Gasteiger partial charge in [0.05, 0.1) is 6.54 Å². The molecule has 20 heteroatoms. The van der Waals surface area contributed by atoms with Gasteiger partial charge in [-0.05, 0) is 58.0 Å². The van der Waals surface area contributed by atoms with E-state index < -0.39 is 12.1 Å². The summed E-state index contributed by atoms with van der Waals surface area (Å²) in [5, 5.41) is 4.83. The standard InChI is InChI=1S/C7H5Cl2N5O2.C3Cl3N3.C3H5N3O2/c8-5-10-3(11-6(9)13-5)1-14-2-4(15)12-7(14)16;4-1-7-2(5)9-3(6)8-1;4-6-1-2(7)5-3(6)8/h1-2H2,(H,12,15,16);;1,4H2,(H,5,7,8). The Balaban J connectivity index is 0.000000192. The number of imide groups is 2. The molecule has 0 saturated carbocycles. The van der Waals surface area contributed by atoms with Gasteiger partial charge in [-0.2, -0.15) is 19.9 Å². The van der Waals surface area contributed by atoms with Gasteiger partial charge in [-0.15, -0.1) is 0 Å². The first-order valence-corrected chi connectivity index (χ1v) is 10.0. The molecule has 33 heavy (non-hydrogen) atoms. The number of rotatable bonds is 2. The molecule has 6 amide bonds. The molecule has 2 saturated heterocycles. The molecular weight excluding hydrogens is 551 g/mol. The zero-order valence-corrected chi connectivity index (χ0v) is 19.6. The zero-order valence-electron chi connectivity index (χ0n) is 15.8. The minimum absolute atomic E-state index is 0.000000000000000444. The number of nitrogens with two attached hydrogens (primary N) is 1. The van der Waals surface area contributed by atoms with Crippen LogP contribution in [-0.4, -0.2) is 76.8 Å². The monoisotopic (exact) mass is 559 g/mol. The third-order valence-electron chi connectivity index (χ3n) is 3.20. The number of nitrogens with one attached hydrogen (secondary N) is 2. The molecule has 0 spiro atoms. The van der Waals surface area contributed by atoms with Gasteiger partial charge in [-0.3, -0.25) is 25.2 Å². The Morgan fingerprint density at radius 1 is 0.667 bits per heavy atom. The second kappa shape index (κ2) is 12.0. The highest BCUT2D eigenvalue weighted by Crippen LogP contribution is 2.10. The van der Waals surface area contributed by atoms with Crippen molar-refractivity contribution in [3.8, 4) is 0 Å². The summed E-state index contributed by atoms with van der Waals surface area (Å²) in [5.41, 5.74) is 0. The first-order chi connectivity index (χ1) is 15.4. The molecule has 0 aliphatic carbocycles. The van der Waals surface area contributed by atoms with Crippen molar-refractivity contribution in [1.29, 1.82) is 0 Å². The van der Waals surface area contributed by atoms with Crippen LogP contribution in [-0.2, 0) is 16.1 Å². The Labute approximate surface area is 208 Å². The molecule has 2 fully saturated rings. The van der Waals surface area contributed by atoms with E-state index in [4.69, 9.17) is 63.8 Å². The molecule has 4 heterocycles. The van der Waals surface area contributed by atoms with Crippen molar-refractivity contribution in [3.05, 3.63) is 32.2 Å². The summed E-state index contributed by atoms with van der Waals surface area (Å²) in [6.07, 6.45) is 0. The van der Waals surface area contributed by atoms with Gasteiger partial charge in [0, 0.05) is 0 Å². The van der Waals surface area contributed by atoms with Crippen molar-refractivity contribution in [1.82, 2.24) is 50.4 Å². The Bertz CT molecular complexity index is 1020. The first-order valence-electron chi connectivity index (χ1n) is 8.16. The second-order valence-corrected chi connectivity index (χ2v) is 7.31. The summed E-state index contributed by atoms with van der Waals surface area (Å²) < 4.78 is 0. The van der Waals surface area contributed by atoms with Crippen LogP contribution < -0.4 is 16.5 Å². The molecule has 176 valence electrons. The second-order valence-electron chi connectivity index (χ2n) is 5.62. The van der Waals surface area contributed by atoms with Crippen LogP contribution in [0.4, 0.5) is 9.59 Å². The van der Waals surface area contributed by atoms with E-state index in [0.29, 0.717) is 0 Å². The van der Waals surface area contributed by atoms with Crippen molar-refractivity contribution in [2.75, 3.05) is 13.1 Å².